The monoisotopic (exact) mass is 361 g/mol. The van der Waals surface area contributed by atoms with E-state index in [-0.39, 0.29) is 10.8 Å². The third-order valence-electron chi connectivity index (χ3n) is 4.86. The summed E-state index contributed by atoms with van der Waals surface area (Å²) in [5, 5.41) is 26.2. The van der Waals surface area contributed by atoms with Gasteiger partial charge in [-0.3, -0.25) is 0 Å². The summed E-state index contributed by atoms with van der Waals surface area (Å²) in [6, 6.07) is 6.56. The third-order valence-corrected chi connectivity index (χ3v) is 4.86. The zero-order chi connectivity index (χ0) is 20.5. The van der Waals surface area contributed by atoms with Crippen molar-refractivity contribution in [1.82, 2.24) is 0 Å². The first kappa shape index (κ1) is 26.7. The summed E-state index contributed by atoms with van der Waals surface area (Å²) in [5.74, 6) is 0.433. The van der Waals surface area contributed by atoms with Gasteiger partial charge in [-0.2, -0.15) is 15.8 Å². The van der Waals surface area contributed by atoms with Gasteiger partial charge in [0.15, 0.2) is 0 Å². The van der Waals surface area contributed by atoms with Gasteiger partial charge >= 0.3 is 0 Å². The minimum atomic E-state index is -0.0103. The van der Waals surface area contributed by atoms with Crippen LogP contribution in [0.1, 0.15) is 92.9 Å². The zero-order valence-electron chi connectivity index (χ0n) is 17.9. The molecule has 0 aromatic rings. The van der Waals surface area contributed by atoms with Gasteiger partial charge in [-0.25, -0.2) is 0 Å². The van der Waals surface area contributed by atoms with Gasteiger partial charge in [0.05, 0.1) is 37.8 Å². The number of hydrogen-bond donors (Lipinski definition) is 0. The minimum absolute atomic E-state index is 0.0103. The SMILES string of the molecule is CC.CC(C)(CCCCC#N)C(CCCC#N)C(C)(C)COCCC#N. The predicted octanol–water partition coefficient (Wildman–Crippen LogP) is 6.39. The van der Waals surface area contributed by atoms with Crippen LogP contribution in [0.15, 0.2) is 0 Å². The Morgan fingerprint density at radius 2 is 1.31 bits per heavy atom. The molecule has 0 amide bonds. The van der Waals surface area contributed by atoms with Gasteiger partial charge in [-0.15, -0.1) is 0 Å². The fourth-order valence-electron chi connectivity index (χ4n) is 3.74. The molecule has 0 saturated carbocycles. The van der Waals surface area contributed by atoms with Gasteiger partial charge in [0.1, 0.15) is 0 Å². The van der Waals surface area contributed by atoms with Crippen molar-refractivity contribution in [3.63, 3.8) is 0 Å². The van der Waals surface area contributed by atoms with E-state index < -0.39 is 0 Å². The quantitative estimate of drug-likeness (QED) is 0.356. The van der Waals surface area contributed by atoms with Crippen molar-refractivity contribution >= 4 is 0 Å². The van der Waals surface area contributed by atoms with E-state index in [0.717, 1.165) is 32.1 Å². The van der Waals surface area contributed by atoms with E-state index in [1.54, 1.807) is 0 Å². The number of unbranched alkanes of at least 4 members (excludes halogenated alkanes) is 3. The first-order valence-electron chi connectivity index (χ1n) is 10.0. The van der Waals surface area contributed by atoms with Crippen molar-refractivity contribution in [1.29, 1.82) is 15.8 Å². The lowest BCUT2D eigenvalue weighted by molar-refractivity contribution is -0.0217. The Hall–Kier alpha value is -1.57. The van der Waals surface area contributed by atoms with Gasteiger partial charge in [0, 0.05) is 12.8 Å². The van der Waals surface area contributed by atoms with Crippen molar-refractivity contribution in [3.8, 4) is 18.2 Å². The molecule has 0 fully saturated rings. The maximum atomic E-state index is 8.85. The van der Waals surface area contributed by atoms with Gasteiger partial charge in [-0.1, -0.05) is 48.0 Å². The van der Waals surface area contributed by atoms with Crippen LogP contribution in [0, 0.1) is 50.7 Å². The smallest absolute Gasteiger partial charge is 0.0645 e. The molecule has 0 rings (SSSR count). The lowest BCUT2D eigenvalue weighted by Gasteiger charge is -2.45. The van der Waals surface area contributed by atoms with Crippen LogP contribution in [-0.4, -0.2) is 13.2 Å². The predicted molar refractivity (Wildman–Crippen MR) is 107 cm³/mol. The number of hydrogen-bond acceptors (Lipinski definition) is 4. The number of ether oxygens (including phenoxy) is 1. The molecule has 0 aliphatic carbocycles. The Bertz CT molecular complexity index is 429. The maximum Gasteiger partial charge on any atom is 0.0645 e. The molecule has 0 spiro atoms. The normalized spacial score (nSPS) is 12.1. The summed E-state index contributed by atoms with van der Waals surface area (Å²) in [6.45, 7) is 14.2. The molecule has 0 aromatic heterocycles. The summed E-state index contributed by atoms with van der Waals surface area (Å²) in [6.07, 6.45) is 6.63. The molecule has 1 unspecified atom stereocenters. The third kappa shape index (κ3) is 11.9. The van der Waals surface area contributed by atoms with E-state index >= 15 is 0 Å². The van der Waals surface area contributed by atoms with E-state index in [4.69, 9.17) is 20.5 Å². The molecule has 1 atom stereocenters. The molecule has 0 aliphatic rings. The Morgan fingerprint density at radius 1 is 0.769 bits per heavy atom. The molecule has 0 aliphatic heterocycles. The second-order valence-corrected chi connectivity index (χ2v) is 7.91. The van der Waals surface area contributed by atoms with Gasteiger partial charge in [-0.05, 0) is 42.4 Å². The second-order valence-electron chi connectivity index (χ2n) is 7.91. The van der Waals surface area contributed by atoms with Crippen LogP contribution >= 0.6 is 0 Å². The first-order chi connectivity index (χ1) is 12.3. The highest BCUT2D eigenvalue weighted by Crippen LogP contribution is 2.46. The molecule has 0 N–H and O–H groups in total. The van der Waals surface area contributed by atoms with E-state index in [2.05, 4.69) is 45.9 Å². The standard InChI is InChI=1S/C20H33N3O.C2H6/c1-19(2,12-7-5-8-13-21)18(11-6-9-14-22)20(3,4)17-24-16-10-15-23;1-2/h18H,5-12,16-17H2,1-4H3;1-2H3. The fraction of sp³-hybridized carbons (Fsp3) is 0.864. The average Bonchev–Trinajstić information content (AvgIpc) is 2.61. The molecule has 26 heavy (non-hydrogen) atoms. The molecule has 4 heteroatoms. The topological polar surface area (TPSA) is 80.6 Å². The number of nitrogens with zero attached hydrogens (tertiary/aromatic N) is 3. The fourth-order valence-corrected chi connectivity index (χ4v) is 3.74. The van der Waals surface area contributed by atoms with Crippen LogP contribution in [-0.2, 0) is 4.74 Å². The van der Waals surface area contributed by atoms with Crippen LogP contribution in [0.5, 0.6) is 0 Å². The molecule has 4 nitrogen and oxygen atoms in total. The van der Waals surface area contributed by atoms with Crippen LogP contribution in [0.25, 0.3) is 0 Å². The molecule has 148 valence electrons. The lowest BCUT2D eigenvalue weighted by Crippen LogP contribution is -2.39. The Morgan fingerprint density at radius 3 is 1.85 bits per heavy atom. The molecular formula is C22H39N3O. The summed E-state index contributed by atoms with van der Waals surface area (Å²) >= 11 is 0. The molecule has 0 aromatic carbocycles. The van der Waals surface area contributed by atoms with Crippen molar-refractivity contribution in [3.05, 3.63) is 0 Å². The number of nitriles is 3. The van der Waals surface area contributed by atoms with Crippen molar-refractivity contribution < 1.29 is 4.74 Å². The van der Waals surface area contributed by atoms with E-state index in [1.807, 2.05) is 13.8 Å². The van der Waals surface area contributed by atoms with Crippen molar-refractivity contribution in [2.45, 2.75) is 92.9 Å². The number of rotatable bonds is 13. The highest BCUT2D eigenvalue weighted by atomic mass is 16.5. The molecule has 0 bridgehead atoms. The van der Waals surface area contributed by atoms with Gasteiger partial charge in [0.25, 0.3) is 0 Å². The summed E-state index contributed by atoms with van der Waals surface area (Å²) in [7, 11) is 0. The van der Waals surface area contributed by atoms with E-state index in [0.29, 0.717) is 38.4 Å². The van der Waals surface area contributed by atoms with Crippen LogP contribution < -0.4 is 0 Å². The molecule has 0 radical (unpaired) electrons. The molecule has 0 heterocycles. The molecule has 0 saturated heterocycles. The highest BCUT2D eigenvalue weighted by Gasteiger charge is 2.39. The summed E-state index contributed by atoms with van der Waals surface area (Å²) in [4.78, 5) is 0. The highest BCUT2D eigenvalue weighted by molar-refractivity contribution is 4.90. The van der Waals surface area contributed by atoms with E-state index in [1.165, 1.54) is 0 Å². The van der Waals surface area contributed by atoms with Crippen LogP contribution in [0.4, 0.5) is 0 Å². The van der Waals surface area contributed by atoms with Crippen molar-refractivity contribution in [2.24, 2.45) is 16.7 Å². The maximum absolute atomic E-state index is 8.85. The van der Waals surface area contributed by atoms with Crippen molar-refractivity contribution in [2.75, 3.05) is 13.2 Å². The minimum Gasteiger partial charge on any atom is -0.380 e. The van der Waals surface area contributed by atoms with Gasteiger partial charge in [0.2, 0.25) is 0 Å². The van der Waals surface area contributed by atoms with Crippen LogP contribution in [0.3, 0.4) is 0 Å². The molecular weight excluding hydrogens is 322 g/mol. The largest absolute Gasteiger partial charge is 0.380 e. The van der Waals surface area contributed by atoms with Crippen LogP contribution in [0.2, 0.25) is 0 Å². The average molecular weight is 362 g/mol. The van der Waals surface area contributed by atoms with Gasteiger partial charge < -0.3 is 4.74 Å². The lowest BCUT2D eigenvalue weighted by atomic mass is 9.61. The first-order valence-corrected chi connectivity index (χ1v) is 10.0. The Labute approximate surface area is 162 Å². The summed E-state index contributed by atoms with van der Waals surface area (Å²) < 4.78 is 5.73. The van der Waals surface area contributed by atoms with E-state index in [9.17, 15) is 0 Å². The second kappa shape index (κ2) is 15.7. The summed E-state index contributed by atoms with van der Waals surface area (Å²) in [5.41, 5.74) is 0.122. The Balaban J connectivity index is 0. The zero-order valence-corrected chi connectivity index (χ0v) is 17.9. The Kier molecular flexibility index (Phi) is 16.1.